The van der Waals surface area contributed by atoms with Gasteiger partial charge in [-0.15, -0.1) is 5.92 Å². The van der Waals surface area contributed by atoms with Crippen molar-refractivity contribution in [3.05, 3.63) is 41.5 Å². The fourth-order valence-corrected chi connectivity index (χ4v) is 4.85. The first-order valence-electron chi connectivity index (χ1n) is 11.7. The minimum absolute atomic E-state index is 0.116. The average Bonchev–Trinajstić information content (AvgIpc) is 3.19. The molecule has 0 unspecified atom stereocenters. The van der Waals surface area contributed by atoms with Crippen LogP contribution in [0.2, 0.25) is 0 Å². The van der Waals surface area contributed by atoms with Crippen LogP contribution in [0.5, 0.6) is 0 Å². The lowest BCUT2D eigenvalue weighted by molar-refractivity contribution is 0.193. The van der Waals surface area contributed by atoms with Gasteiger partial charge in [-0.05, 0) is 32.8 Å². The molecule has 0 aliphatic carbocycles. The van der Waals surface area contributed by atoms with E-state index in [9.17, 15) is 4.79 Å². The molecule has 1 saturated heterocycles. The predicted octanol–water partition coefficient (Wildman–Crippen LogP) is 2.66. The van der Waals surface area contributed by atoms with Crippen molar-refractivity contribution >= 4 is 28.7 Å². The lowest BCUT2D eigenvalue weighted by atomic mass is 10.1. The van der Waals surface area contributed by atoms with E-state index < -0.39 is 0 Å². The Hall–Kier alpha value is -3.64. The van der Waals surface area contributed by atoms with Gasteiger partial charge < -0.3 is 15.5 Å². The number of amides is 2. The van der Waals surface area contributed by atoms with E-state index in [-0.39, 0.29) is 12.1 Å². The van der Waals surface area contributed by atoms with E-state index in [1.807, 2.05) is 38.1 Å². The van der Waals surface area contributed by atoms with Gasteiger partial charge in [-0.1, -0.05) is 24.1 Å². The van der Waals surface area contributed by atoms with E-state index in [1.165, 1.54) is 0 Å². The van der Waals surface area contributed by atoms with Crippen molar-refractivity contribution in [1.29, 1.82) is 0 Å². The number of rotatable bonds is 4. The molecule has 2 aliphatic rings. The molecule has 34 heavy (non-hydrogen) atoms. The minimum atomic E-state index is -0.116. The van der Waals surface area contributed by atoms with E-state index in [4.69, 9.17) is 15.7 Å². The molecule has 9 heteroatoms. The van der Waals surface area contributed by atoms with Gasteiger partial charge >= 0.3 is 6.03 Å². The Morgan fingerprint density at radius 3 is 2.82 bits per heavy atom. The Morgan fingerprint density at radius 1 is 1.21 bits per heavy atom. The summed E-state index contributed by atoms with van der Waals surface area (Å²) in [5, 5.41) is 1.02. The van der Waals surface area contributed by atoms with E-state index in [1.54, 1.807) is 16.8 Å². The molecule has 2 aromatic heterocycles. The van der Waals surface area contributed by atoms with Crippen LogP contribution in [0.4, 0.5) is 16.6 Å². The quantitative estimate of drug-likeness (QED) is 0.604. The number of anilines is 2. The molecule has 0 radical (unpaired) electrons. The van der Waals surface area contributed by atoms with Crippen LogP contribution in [0.1, 0.15) is 37.0 Å². The maximum atomic E-state index is 13.3. The fourth-order valence-electron chi connectivity index (χ4n) is 4.85. The fraction of sp³-hybridized carbons (Fsp3) is 0.440. The molecule has 5 rings (SSSR count). The highest BCUT2D eigenvalue weighted by molar-refractivity contribution is 5.93. The summed E-state index contributed by atoms with van der Waals surface area (Å²) >= 11 is 0. The van der Waals surface area contributed by atoms with Crippen molar-refractivity contribution in [3.63, 3.8) is 0 Å². The van der Waals surface area contributed by atoms with Crippen LogP contribution >= 0.6 is 0 Å². The van der Waals surface area contributed by atoms with Gasteiger partial charge in [0.05, 0.1) is 30.8 Å². The number of hydrogen-bond donors (Lipinski definition) is 1. The number of carbonyl (C=O) groups excluding carboxylic acids is 1. The van der Waals surface area contributed by atoms with Gasteiger partial charge in [0.1, 0.15) is 5.82 Å². The van der Waals surface area contributed by atoms with Crippen LogP contribution < -0.4 is 15.5 Å². The Labute approximate surface area is 199 Å². The third-order valence-corrected chi connectivity index (χ3v) is 6.57. The smallest absolute Gasteiger partial charge is 0.326 e. The van der Waals surface area contributed by atoms with E-state index >= 15 is 0 Å². The first-order valence-corrected chi connectivity index (χ1v) is 11.7. The maximum Gasteiger partial charge on any atom is 0.326 e. The van der Waals surface area contributed by atoms with Gasteiger partial charge in [-0.2, -0.15) is 4.98 Å². The molecule has 4 heterocycles. The van der Waals surface area contributed by atoms with E-state index in [0.717, 1.165) is 54.2 Å². The molecular weight excluding hydrogens is 428 g/mol. The molecule has 2 N–H and O–H groups in total. The number of imidazole rings is 1. The number of para-hydroxylation sites is 1. The number of aromatic nitrogens is 4. The van der Waals surface area contributed by atoms with Crippen molar-refractivity contribution in [2.24, 2.45) is 5.73 Å². The summed E-state index contributed by atoms with van der Waals surface area (Å²) in [6.45, 7) is 6.72. The van der Waals surface area contributed by atoms with Crippen LogP contribution in [-0.2, 0) is 19.6 Å². The summed E-state index contributed by atoms with van der Waals surface area (Å²) in [4.78, 5) is 33.2. The number of benzene rings is 1. The summed E-state index contributed by atoms with van der Waals surface area (Å²) in [6, 6.07) is 7.95. The highest BCUT2D eigenvalue weighted by Gasteiger charge is 2.35. The van der Waals surface area contributed by atoms with Gasteiger partial charge in [-0.3, -0.25) is 9.47 Å². The second kappa shape index (κ2) is 8.95. The number of piperidine rings is 1. The Balaban J connectivity index is 1.50. The lowest BCUT2D eigenvalue weighted by Gasteiger charge is -2.33. The molecule has 0 spiro atoms. The minimum Gasteiger partial charge on any atom is -0.341 e. The van der Waals surface area contributed by atoms with Crippen LogP contribution in [0.25, 0.3) is 10.9 Å². The Morgan fingerprint density at radius 2 is 2.03 bits per heavy atom. The number of fused-ring (bicyclic) bond motifs is 2. The molecule has 0 bridgehead atoms. The van der Waals surface area contributed by atoms with Gasteiger partial charge in [0.2, 0.25) is 5.95 Å². The second-order valence-electron chi connectivity index (χ2n) is 8.98. The van der Waals surface area contributed by atoms with Crippen molar-refractivity contribution in [1.82, 2.24) is 24.4 Å². The van der Waals surface area contributed by atoms with Crippen molar-refractivity contribution in [3.8, 4) is 11.8 Å². The Bertz CT molecular complexity index is 1300. The second-order valence-corrected chi connectivity index (χ2v) is 8.98. The van der Waals surface area contributed by atoms with Crippen LogP contribution in [0.3, 0.4) is 0 Å². The van der Waals surface area contributed by atoms with Crippen molar-refractivity contribution in [2.45, 2.75) is 52.4 Å². The number of nitrogens with two attached hydrogens (primary N) is 1. The van der Waals surface area contributed by atoms with Gasteiger partial charge in [0.25, 0.3) is 0 Å². The number of nitrogens with zero attached hydrogens (tertiary/aromatic N) is 7. The summed E-state index contributed by atoms with van der Waals surface area (Å²) in [7, 11) is 1.77. The monoisotopic (exact) mass is 458 g/mol. The van der Waals surface area contributed by atoms with Crippen LogP contribution in [-0.4, -0.2) is 56.6 Å². The Kier molecular flexibility index (Phi) is 5.84. The highest BCUT2D eigenvalue weighted by Crippen LogP contribution is 2.33. The van der Waals surface area contributed by atoms with Crippen LogP contribution in [0.15, 0.2) is 24.3 Å². The molecule has 176 valence electrons. The summed E-state index contributed by atoms with van der Waals surface area (Å²) in [6.07, 6.45) is 2.04. The molecule has 0 saturated carbocycles. The molecule has 9 nitrogen and oxygen atoms in total. The molecule has 2 aliphatic heterocycles. The number of hydrogen-bond acceptors (Lipinski definition) is 6. The normalized spacial score (nSPS) is 18.2. The number of aryl methyl sites for hydroxylation is 1. The van der Waals surface area contributed by atoms with Gasteiger partial charge in [-0.25, -0.2) is 14.8 Å². The van der Waals surface area contributed by atoms with E-state index in [0.29, 0.717) is 31.3 Å². The average molecular weight is 459 g/mol. The van der Waals surface area contributed by atoms with Crippen LogP contribution in [0, 0.1) is 18.8 Å². The lowest BCUT2D eigenvalue weighted by Crippen LogP contribution is -2.45. The molecular formula is C25H30N8O. The number of urea groups is 1. The zero-order valence-corrected chi connectivity index (χ0v) is 20.0. The predicted molar refractivity (Wildman–Crippen MR) is 132 cm³/mol. The van der Waals surface area contributed by atoms with Gasteiger partial charge in [0.15, 0.2) is 5.82 Å². The molecule has 3 aromatic rings. The third kappa shape index (κ3) is 3.94. The van der Waals surface area contributed by atoms with Gasteiger partial charge in [0, 0.05) is 37.3 Å². The van der Waals surface area contributed by atoms with Crippen molar-refractivity contribution < 1.29 is 4.79 Å². The topological polar surface area (TPSA) is 96.4 Å². The first kappa shape index (κ1) is 22.2. The maximum absolute atomic E-state index is 13.3. The number of carbonyl (C=O) groups is 1. The molecule has 2 amide bonds. The first-order chi connectivity index (χ1) is 16.5. The molecule has 1 atom stereocenters. The summed E-state index contributed by atoms with van der Waals surface area (Å²) in [5.74, 6) is 8.32. The largest absolute Gasteiger partial charge is 0.341 e. The third-order valence-electron chi connectivity index (χ3n) is 6.57. The van der Waals surface area contributed by atoms with Crippen molar-refractivity contribution in [2.75, 3.05) is 29.9 Å². The molecule has 1 fully saturated rings. The zero-order valence-electron chi connectivity index (χ0n) is 20.0. The standard InChI is InChI=1S/C25H30N8O/c1-4-5-13-33-21-15-32(16-22-27-17(2)19-10-6-7-11-20(19)28-22)25(34)30(3)23(21)29-24(33)31-12-8-9-18(26)14-31/h6-7,10-11,18H,8-9,12-16,26H2,1-3H3/t18-/m1/s1. The zero-order chi connectivity index (χ0) is 23.8. The molecule has 1 aromatic carbocycles. The summed E-state index contributed by atoms with van der Waals surface area (Å²) < 4.78 is 2.13. The van der Waals surface area contributed by atoms with E-state index in [2.05, 4.69) is 26.3 Å². The highest BCUT2D eigenvalue weighted by atomic mass is 16.2. The SMILES string of the molecule is CC#CCn1c(N2CCC[C@@H](N)C2)nc2c1CN(Cc1nc(C)c3ccccc3n1)C(=O)N2C. The summed E-state index contributed by atoms with van der Waals surface area (Å²) in [5.41, 5.74) is 9.01.